The molecule has 37 heavy (non-hydrogen) atoms. The Labute approximate surface area is 211 Å². The van der Waals surface area contributed by atoms with E-state index < -0.39 is 38.3 Å². The molecule has 0 radical (unpaired) electrons. The van der Waals surface area contributed by atoms with Crippen molar-refractivity contribution in [2.24, 2.45) is 0 Å². The molecular formula is C24H18FN5O5S2. The Kier molecular flexibility index (Phi) is 6.09. The van der Waals surface area contributed by atoms with Crippen molar-refractivity contribution in [1.82, 2.24) is 9.97 Å². The predicted molar refractivity (Wildman–Crippen MR) is 134 cm³/mol. The molecule has 1 aliphatic rings. The summed E-state index contributed by atoms with van der Waals surface area (Å²) in [7, 11) is -8.07. The number of nitrogens with one attached hydrogen (secondary N) is 2. The molecular weight excluding hydrogens is 521 g/mol. The van der Waals surface area contributed by atoms with Crippen LogP contribution >= 0.6 is 0 Å². The molecule has 2 N–H and O–H groups in total. The van der Waals surface area contributed by atoms with Crippen molar-refractivity contribution < 1.29 is 26.0 Å². The van der Waals surface area contributed by atoms with Gasteiger partial charge < -0.3 is 5.32 Å². The Morgan fingerprint density at radius 1 is 0.919 bits per heavy atom. The topological polar surface area (TPSA) is 138 Å². The van der Waals surface area contributed by atoms with Gasteiger partial charge >= 0.3 is 0 Å². The summed E-state index contributed by atoms with van der Waals surface area (Å²) in [6, 6.07) is 16.7. The number of carbonyl (C=O) groups excluding carboxylic acids is 1. The van der Waals surface area contributed by atoms with Crippen LogP contribution in [-0.2, 0) is 24.8 Å². The lowest BCUT2D eigenvalue weighted by atomic mass is 10.0. The van der Waals surface area contributed by atoms with E-state index in [-0.39, 0.29) is 27.1 Å². The monoisotopic (exact) mass is 539 g/mol. The van der Waals surface area contributed by atoms with Gasteiger partial charge in [0.05, 0.1) is 15.5 Å². The Balaban J connectivity index is 1.36. The molecule has 0 unspecified atom stereocenters. The van der Waals surface area contributed by atoms with Crippen LogP contribution in [0.4, 0.5) is 21.7 Å². The van der Waals surface area contributed by atoms with Crippen LogP contribution in [0, 0.1) is 5.82 Å². The SMILES string of the molecule is O=C(CN1c2ccc(F)cc2-c2ccccc2S1(=O)=O)Nc1ccc(S(=O)(=O)Nc2ncccn2)cc1. The van der Waals surface area contributed by atoms with Crippen molar-refractivity contribution in [3.05, 3.63) is 91.0 Å². The van der Waals surface area contributed by atoms with Crippen molar-refractivity contribution in [1.29, 1.82) is 0 Å². The Morgan fingerprint density at radius 3 is 2.35 bits per heavy atom. The number of sulfonamides is 2. The highest BCUT2D eigenvalue weighted by molar-refractivity contribution is 7.93. The lowest BCUT2D eigenvalue weighted by molar-refractivity contribution is -0.114. The van der Waals surface area contributed by atoms with E-state index in [9.17, 15) is 26.0 Å². The first-order valence-corrected chi connectivity index (χ1v) is 13.7. The summed E-state index contributed by atoms with van der Waals surface area (Å²) in [6.07, 6.45) is 2.78. The van der Waals surface area contributed by atoms with Crippen molar-refractivity contribution in [3.8, 4) is 11.1 Å². The summed E-state index contributed by atoms with van der Waals surface area (Å²) < 4.78 is 68.8. The molecule has 3 aromatic carbocycles. The maximum Gasteiger partial charge on any atom is 0.265 e. The lowest BCUT2D eigenvalue weighted by Gasteiger charge is -2.31. The van der Waals surface area contributed by atoms with Gasteiger partial charge in [-0.3, -0.25) is 9.10 Å². The smallest absolute Gasteiger partial charge is 0.265 e. The van der Waals surface area contributed by atoms with Gasteiger partial charge in [0.2, 0.25) is 11.9 Å². The van der Waals surface area contributed by atoms with E-state index in [1.807, 2.05) is 0 Å². The Hall–Kier alpha value is -4.36. The fourth-order valence-electron chi connectivity index (χ4n) is 3.85. The van der Waals surface area contributed by atoms with Crippen LogP contribution in [0.15, 0.2) is 95.0 Å². The first kappa shape index (κ1) is 24.3. The zero-order valence-corrected chi connectivity index (χ0v) is 20.5. The molecule has 13 heteroatoms. The van der Waals surface area contributed by atoms with Gasteiger partial charge in [-0.2, -0.15) is 0 Å². The summed E-state index contributed by atoms with van der Waals surface area (Å²) in [5, 5.41) is 2.56. The number of nitrogens with zero attached hydrogens (tertiary/aromatic N) is 3. The minimum absolute atomic E-state index is 0.0367. The van der Waals surface area contributed by atoms with Crippen molar-refractivity contribution in [2.45, 2.75) is 9.79 Å². The molecule has 0 saturated heterocycles. The fourth-order valence-corrected chi connectivity index (χ4v) is 6.46. The molecule has 5 rings (SSSR count). The van der Waals surface area contributed by atoms with Crippen LogP contribution in [-0.4, -0.2) is 39.3 Å². The summed E-state index contributed by atoms with van der Waals surface area (Å²) >= 11 is 0. The third-order valence-electron chi connectivity index (χ3n) is 5.50. The Bertz CT molecular complexity index is 1710. The molecule has 10 nitrogen and oxygen atoms in total. The van der Waals surface area contributed by atoms with E-state index in [2.05, 4.69) is 20.0 Å². The number of hydrogen-bond donors (Lipinski definition) is 2. The van der Waals surface area contributed by atoms with Gasteiger partial charge in [0.15, 0.2) is 0 Å². The number of aromatic nitrogens is 2. The quantitative estimate of drug-likeness (QED) is 0.384. The highest BCUT2D eigenvalue weighted by atomic mass is 32.2. The second kappa shape index (κ2) is 9.26. The van der Waals surface area contributed by atoms with Gasteiger partial charge in [0, 0.05) is 29.2 Å². The Morgan fingerprint density at radius 2 is 1.62 bits per heavy atom. The summed E-state index contributed by atoms with van der Waals surface area (Å²) in [5.41, 5.74) is 1.11. The van der Waals surface area contributed by atoms with Crippen LogP contribution in [0.1, 0.15) is 0 Å². The van der Waals surface area contributed by atoms with Gasteiger partial charge in [-0.25, -0.2) is 35.9 Å². The number of carbonyl (C=O) groups is 1. The fraction of sp³-hybridized carbons (Fsp3) is 0.0417. The standard InChI is InChI=1S/C24H18FN5O5S2/c25-16-6-11-21-20(14-16)19-4-1-2-5-22(19)37(34,35)30(21)15-23(31)28-17-7-9-18(10-8-17)36(32,33)29-24-26-12-3-13-27-24/h1-14H,15H2,(H,28,31)(H,26,27,29). The zero-order chi connectivity index (χ0) is 26.2. The van der Waals surface area contributed by atoms with Gasteiger partial charge in [0.25, 0.3) is 20.0 Å². The number of halogens is 1. The number of benzene rings is 3. The van der Waals surface area contributed by atoms with Gasteiger partial charge in [-0.1, -0.05) is 18.2 Å². The van der Waals surface area contributed by atoms with Crippen LogP contribution in [0.5, 0.6) is 0 Å². The highest BCUT2D eigenvalue weighted by Crippen LogP contribution is 2.43. The van der Waals surface area contributed by atoms with Crippen LogP contribution in [0.25, 0.3) is 11.1 Å². The van der Waals surface area contributed by atoms with Crippen LogP contribution < -0.4 is 14.3 Å². The lowest BCUT2D eigenvalue weighted by Crippen LogP contribution is -2.40. The highest BCUT2D eigenvalue weighted by Gasteiger charge is 2.36. The summed E-state index contributed by atoms with van der Waals surface area (Å²) in [5.74, 6) is -1.31. The first-order chi connectivity index (χ1) is 17.6. The van der Waals surface area contributed by atoms with Gasteiger partial charge in [0.1, 0.15) is 12.4 Å². The maximum absolute atomic E-state index is 14.0. The molecule has 0 saturated carbocycles. The van der Waals surface area contributed by atoms with E-state index >= 15 is 0 Å². The normalized spacial score (nSPS) is 13.8. The number of amides is 1. The van der Waals surface area contributed by atoms with Crippen molar-refractivity contribution in [3.63, 3.8) is 0 Å². The average molecular weight is 540 g/mol. The molecule has 1 aromatic heterocycles. The minimum Gasteiger partial charge on any atom is -0.325 e. The van der Waals surface area contributed by atoms with Crippen LogP contribution in [0.3, 0.4) is 0 Å². The molecule has 188 valence electrons. The number of anilines is 3. The largest absolute Gasteiger partial charge is 0.325 e. The molecule has 1 amide bonds. The molecule has 1 aliphatic heterocycles. The van der Waals surface area contributed by atoms with E-state index in [1.54, 1.807) is 24.3 Å². The molecule has 0 fully saturated rings. The second-order valence-electron chi connectivity index (χ2n) is 7.92. The van der Waals surface area contributed by atoms with E-state index in [1.165, 1.54) is 54.9 Å². The zero-order valence-electron chi connectivity index (χ0n) is 18.9. The third-order valence-corrected chi connectivity index (χ3v) is 8.66. The number of hydrogen-bond acceptors (Lipinski definition) is 7. The van der Waals surface area contributed by atoms with E-state index in [4.69, 9.17) is 0 Å². The molecule has 0 bridgehead atoms. The van der Waals surface area contributed by atoms with Gasteiger partial charge in [-0.05, 0) is 54.6 Å². The number of fused-ring (bicyclic) bond motifs is 3. The molecule has 0 atom stereocenters. The van der Waals surface area contributed by atoms with Crippen molar-refractivity contribution in [2.75, 3.05) is 20.9 Å². The van der Waals surface area contributed by atoms with Crippen molar-refractivity contribution >= 4 is 43.3 Å². The van der Waals surface area contributed by atoms with Crippen LogP contribution in [0.2, 0.25) is 0 Å². The molecule has 0 spiro atoms. The number of rotatable bonds is 6. The molecule has 0 aliphatic carbocycles. The third kappa shape index (κ3) is 4.73. The van der Waals surface area contributed by atoms with E-state index in [0.717, 1.165) is 10.4 Å². The van der Waals surface area contributed by atoms with E-state index in [0.29, 0.717) is 11.1 Å². The second-order valence-corrected chi connectivity index (χ2v) is 11.4. The maximum atomic E-state index is 14.0. The van der Waals surface area contributed by atoms with Gasteiger partial charge in [-0.15, -0.1) is 0 Å². The predicted octanol–water partition coefficient (Wildman–Crippen LogP) is 3.23. The molecule has 2 heterocycles. The summed E-state index contributed by atoms with van der Waals surface area (Å²) in [4.78, 5) is 20.3. The minimum atomic E-state index is -4.10. The summed E-state index contributed by atoms with van der Waals surface area (Å²) in [6.45, 7) is -0.581. The molecule has 4 aromatic rings. The first-order valence-electron chi connectivity index (χ1n) is 10.8. The average Bonchev–Trinajstić information content (AvgIpc) is 2.87.